The fraction of sp³-hybridized carbons (Fsp3) is 0.0909. The molecule has 4 nitrogen and oxygen atoms in total. The largest absolute Gasteiger partial charge is 0.435 e. The summed E-state index contributed by atoms with van der Waals surface area (Å²) in [7, 11) is 1.69. The van der Waals surface area contributed by atoms with Crippen LogP contribution >= 0.6 is 15.9 Å². The molecule has 0 aliphatic carbocycles. The summed E-state index contributed by atoms with van der Waals surface area (Å²) < 4.78 is 19.3. The first-order valence-corrected chi connectivity index (χ1v) is 5.62. The Balaban J connectivity index is 2.32. The SMILES string of the molecule is CNc1ncc(Br)c(Oc2ccccc2F)n1. The van der Waals surface area contributed by atoms with Crippen molar-refractivity contribution >= 4 is 21.9 Å². The van der Waals surface area contributed by atoms with Gasteiger partial charge in [0.15, 0.2) is 11.6 Å². The van der Waals surface area contributed by atoms with Crippen LogP contribution in [0.15, 0.2) is 34.9 Å². The second kappa shape index (κ2) is 5.09. The Bertz CT molecular complexity index is 536. The molecule has 17 heavy (non-hydrogen) atoms. The zero-order valence-corrected chi connectivity index (χ0v) is 10.5. The molecule has 2 rings (SSSR count). The Morgan fingerprint density at radius 2 is 2.12 bits per heavy atom. The predicted octanol–water partition coefficient (Wildman–Crippen LogP) is 3.21. The molecular formula is C11H9BrFN3O. The molecule has 0 aliphatic heterocycles. The van der Waals surface area contributed by atoms with Crippen LogP contribution in [-0.4, -0.2) is 17.0 Å². The normalized spacial score (nSPS) is 10.1. The Kier molecular flexibility index (Phi) is 3.53. The van der Waals surface area contributed by atoms with E-state index in [0.29, 0.717) is 10.4 Å². The predicted molar refractivity (Wildman–Crippen MR) is 65.8 cm³/mol. The molecule has 88 valence electrons. The maximum atomic E-state index is 13.4. The van der Waals surface area contributed by atoms with Gasteiger partial charge in [-0.3, -0.25) is 0 Å². The van der Waals surface area contributed by atoms with Gasteiger partial charge in [0.05, 0.1) is 10.7 Å². The van der Waals surface area contributed by atoms with Crippen LogP contribution in [0.3, 0.4) is 0 Å². The van der Waals surface area contributed by atoms with Crippen LogP contribution in [0, 0.1) is 5.82 Å². The highest BCUT2D eigenvalue weighted by atomic mass is 79.9. The Hall–Kier alpha value is -1.69. The van der Waals surface area contributed by atoms with Gasteiger partial charge in [0.1, 0.15) is 0 Å². The number of hydrogen-bond donors (Lipinski definition) is 1. The Morgan fingerprint density at radius 3 is 2.82 bits per heavy atom. The first-order chi connectivity index (χ1) is 8.20. The molecule has 0 spiro atoms. The van der Waals surface area contributed by atoms with Gasteiger partial charge in [0, 0.05) is 7.05 Å². The minimum absolute atomic E-state index is 0.119. The quantitative estimate of drug-likeness (QED) is 0.945. The van der Waals surface area contributed by atoms with Gasteiger partial charge < -0.3 is 10.1 Å². The third-order valence-corrected chi connectivity index (χ3v) is 2.52. The van der Waals surface area contributed by atoms with Crippen molar-refractivity contribution in [1.82, 2.24) is 9.97 Å². The smallest absolute Gasteiger partial charge is 0.238 e. The summed E-state index contributed by atoms with van der Waals surface area (Å²) in [6, 6.07) is 6.13. The van der Waals surface area contributed by atoms with E-state index in [1.54, 1.807) is 19.2 Å². The van der Waals surface area contributed by atoms with E-state index in [2.05, 4.69) is 31.2 Å². The first kappa shape index (κ1) is 11.8. The number of aromatic nitrogens is 2. The lowest BCUT2D eigenvalue weighted by molar-refractivity contribution is 0.424. The lowest BCUT2D eigenvalue weighted by Crippen LogP contribution is -1.99. The first-order valence-electron chi connectivity index (χ1n) is 4.83. The van der Waals surface area contributed by atoms with Gasteiger partial charge >= 0.3 is 0 Å². The second-order valence-electron chi connectivity index (χ2n) is 3.13. The summed E-state index contributed by atoms with van der Waals surface area (Å²) in [6.45, 7) is 0. The minimum atomic E-state index is -0.441. The summed E-state index contributed by atoms with van der Waals surface area (Å²) >= 11 is 3.24. The van der Waals surface area contributed by atoms with Crippen LogP contribution in [-0.2, 0) is 0 Å². The molecule has 0 amide bonds. The van der Waals surface area contributed by atoms with Gasteiger partial charge in [-0.15, -0.1) is 0 Å². The molecule has 0 saturated carbocycles. The van der Waals surface area contributed by atoms with Gasteiger partial charge in [-0.2, -0.15) is 4.98 Å². The lowest BCUT2D eigenvalue weighted by Gasteiger charge is -2.08. The monoisotopic (exact) mass is 297 g/mol. The number of rotatable bonds is 3. The molecule has 0 aliphatic rings. The van der Waals surface area contributed by atoms with Crippen molar-refractivity contribution in [2.45, 2.75) is 0 Å². The molecule has 0 atom stereocenters. The van der Waals surface area contributed by atoms with Crippen molar-refractivity contribution in [2.75, 3.05) is 12.4 Å². The number of nitrogens with zero attached hydrogens (tertiary/aromatic N) is 2. The van der Waals surface area contributed by atoms with E-state index < -0.39 is 5.82 Å². The molecular weight excluding hydrogens is 289 g/mol. The number of anilines is 1. The highest BCUT2D eigenvalue weighted by molar-refractivity contribution is 9.10. The summed E-state index contributed by atoms with van der Waals surface area (Å²) in [5.74, 6) is 0.340. The topological polar surface area (TPSA) is 47.0 Å². The zero-order chi connectivity index (χ0) is 12.3. The molecule has 1 aromatic carbocycles. The number of ether oxygens (including phenoxy) is 1. The highest BCUT2D eigenvalue weighted by Crippen LogP contribution is 2.29. The van der Waals surface area contributed by atoms with Crippen LogP contribution < -0.4 is 10.1 Å². The minimum Gasteiger partial charge on any atom is -0.435 e. The number of para-hydroxylation sites is 1. The molecule has 2 aromatic rings. The number of hydrogen-bond acceptors (Lipinski definition) is 4. The Labute approximate surface area is 106 Å². The third kappa shape index (κ3) is 2.71. The fourth-order valence-electron chi connectivity index (χ4n) is 1.18. The van der Waals surface area contributed by atoms with Crippen molar-refractivity contribution in [2.24, 2.45) is 0 Å². The van der Waals surface area contributed by atoms with E-state index in [9.17, 15) is 4.39 Å². The van der Waals surface area contributed by atoms with Crippen LogP contribution in [0.1, 0.15) is 0 Å². The van der Waals surface area contributed by atoms with Crippen molar-refractivity contribution < 1.29 is 9.13 Å². The van der Waals surface area contributed by atoms with E-state index in [4.69, 9.17) is 4.74 Å². The molecule has 0 unspecified atom stereocenters. The van der Waals surface area contributed by atoms with E-state index in [0.717, 1.165) is 0 Å². The van der Waals surface area contributed by atoms with Crippen LogP contribution in [0.5, 0.6) is 11.6 Å². The van der Waals surface area contributed by atoms with Crippen molar-refractivity contribution in [3.8, 4) is 11.6 Å². The highest BCUT2D eigenvalue weighted by Gasteiger charge is 2.09. The molecule has 0 radical (unpaired) electrons. The molecule has 1 heterocycles. The summed E-state index contributed by atoms with van der Waals surface area (Å²) in [4.78, 5) is 8.05. The van der Waals surface area contributed by atoms with Gasteiger partial charge in [0.2, 0.25) is 11.8 Å². The van der Waals surface area contributed by atoms with E-state index in [1.807, 2.05) is 0 Å². The van der Waals surface area contributed by atoms with Gasteiger partial charge in [-0.05, 0) is 28.1 Å². The molecule has 0 saturated heterocycles. The van der Waals surface area contributed by atoms with E-state index >= 15 is 0 Å². The van der Waals surface area contributed by atoms with Crippen LogP contribution in [0.4, 0.5) is 10.3 Å². The van der Waals surface area contributed by atoms with Gasteiger partial charge in [0.25, 0.3) is 0 Å². The standard InChI is InChI=1S/C11H9BrFN3O/c1-14-11-15-6-7(12)10(16-11)17-9-5-3-2-4-8(9)13/h2-6H,1H3,(H,14,15,16). The lowest BCUT2D eigenvalue weighted by atomic mass is 10.3. The maximum absolute atomic E-state index is 13.4. The number of benzene rings is 1. The van der Waals surface area contributed by atoms with Gasteiger partial charge in [-0.25, -0.2) is 9.37 Å². The second-order valence-corrected chi connectivity index (χ2v) is 3.98. The Morgan fingerprint density at radius 1 is 1.35 bits per heavy atom. The summed E-state index contributed by atoms with van der Waals surface area (Å²) in [5.41, 5.74) is 0. The van der Waals surface area contributed by atoms with E-state index in [1.165, 1.54) is 18.3 Å². The zero-order valence-electron chi connectivity index (χ0n) is 8.95. The van der Waals surface area contributed by atoms with Crippen LogP contribution in [0.2, 0.25) is 0 Å². The van der Waals surface area contributed by atoms with Crippen LogP contribution in [0.25, 0.3) is 0 Å². The molecule has 0 bridgehead atoms. The average Bonchev–Trinajstić information content (AvgIpc) is 2.35. The molecule has 0 fully saturated rings. The van der Waals surface area contributed by atoms with E-state index in [-0.39, 0.29) is 11.6 Å². The molecule has 1 aromatic heterocycles. The number of nitrogens with one attached hydrogen (secondary N) is 1. The fourth-order valence-corrected chi connectivity index (χ4v) is 1.45. The van der Waals surface area contributed by atoms with Gasteiger partial charge in [-0.1, -0.05) is 12.1 Å². The van der Waals surface area contributed by atoms with Crippen molar-refractivity contribution in [3.05, 3.63) is 40.8 Å². The average molecular weight is 298 g/mol. The summed E-state index contributed by atoms with van der Waals surface area (Å²) in [6.07, 6.45) is 1.54. The number of halogens is 2. The molecule has 1 N–H and O–H groups in total. The van der Waals surface area contributed by atoms with Crippen molar-refractivity contribution in [1.29, 1.82) is 0 Å². The third-order valence-electron chi connectivity index (χ3n) is 1.98. The van der Waals surface area contributed by atoms with Crippen molar-refractivity contribution in [3.63, 3.8) is 0 Å². The maximum Gasteiger partial charge on any atom is 0.238 e. The molecule has 6 heteroatoms. The summed E-state index contributed by atoms with van der Waals surface area (Å²) in [5, 5.41) is 2.78.